The van der Waals surface area contributed by atoms with Gasteiger partial charge in [-0.15, -0.1) is 0 Å². The molecule has 3 nitrogen and oxygen atoms in total. The summed E-state index contributed by atoms with van der Waals surface area (Å²) in [5.41, 5.74) is 0. The van der Waals surface area contributed by atoms with E-state index in [1.807, 2.05) is 6.92 Å². The van der Waals surface area contributed by atoms with Crippen molar-refractivity contribution in [1.29, 1.82) is 0 Å². The van der Waals surface area contributed by atoms with Gasteiger partial charge in [-0.25, -0.2) is 0 Å². The second kappa shape index (κ2) is 6.35. The van der Waals surface area contributed by atoms with Crippen molar-refractivity contribution < 1.29 is 5.11 Å². The fraction of sp³-hybridized carbons (Fsp3) is 1.00. The van der Waals surface area contributed by atoms with Crippen LogP contribution in [0.25, 0.3) is 0 Å². The molecule has 1 aliphatic heterocycles. The first-order valence-electron chi connectivity index (χ1n) is 5.40. The lowest BCUT2D eigenvalue weighted by molar-refractivity contribution is 0.190. The smallest absolute Gasteiger partial charge is 0.0636 e. The van der Waals surface area contributed by atoms with Crippen LogP contribution in [0.2, 0.25) is 0 Å². The highest BCUT2D eigenvalue weighted by atomic mass is 16.3. The molecule has 2 N–H and O–H groups in total. The number of likely N-dealkylation sites (tertiary alicyclic amines) is 1. The van der Waals surface area contributed by atoms with E-state index in [0.717, 1.165) is 13.1 Å². The van der Waals surface area contributed by atoms with Gasteiger partial charge in [-0.05, 0) is 52.4 Å². The Hall–Kier alpha value is -0.120. The van der Waals surface area contributed by atoms with Crippen molar-refractivity contribution in [3.63, 3.8) is 0 Å². The van der Waals surface area contributed by atoms with E-state index >= 15 is 0 Å². The Bertz CT molecular complexity index is 122. The molecule has 1 heterocycles. The van der Waals surface area contributed by atoms with E-state index in [1.165, 1.54) is 38.9 Å². The first-order valence-corrected chi connectivity index (χ1v) is 5.40. The monoisotopic (exact) mass is 186 g/mol. The van der Waals surface area contributed by atoms with Gasteiger partial charge in [-0.1, -0.05) is 0 Å². The van der Waals surface area contributed by atoms with Crippen molar-refractivity contribution >= 4 is 0 Å². The molecule has 0 aromatic carbocycles. The van der Waals surface area contributed by atoms with Crippen LogP contribution in [0.15, 0.2) is 0 Å². The fourth-order valence-corrected chi connectivity index (χ4v) is 1.74. The Morgan fingerprint density at radius 3 is 2.69 bits per heavy atom. The van der Waals surface area contributed by atoms with E-state index in [1.54, 1.807) is 0 Å². The second-order valence-electron chi connectivity index (χ2n) is 3.96. The highest BCUT2D eigenvalue weighted by Crippen LogP contribution is 2.06. The van der Waals surface area contributed by atoms with Gasteiger partial charge in [0.05, 0.1) is 6.10 Å². The van der Waals surface area contributed by atoms with Crippen molar-refractivity contribution in [2.45, 2.75) is 32.3 Å². The lowest BCUT2D eigenvalue weighted by atomic mass is 10.3. The maximum absolute atomic E-state index is 8.99. The van der Waals surface area contributed by atoms with Gasteiger partial charge in [0.25, 0.3) is 0 Å². The number of hydrogen-bond acceptors (Lipinski definition) is 3. The summed E-state index contributed by atoms with van der Waals surface area (Å²) in [5, 5.41) is 12.2. The van der Waals surface area contributed by atoms with E-state index in [2.05, 4.69) is 10.2 Å². The van der Waals surface area contributed by atoms with Crippen LogP contribution in [0.1, 0.15) is 26.2 Å². The number of rotatable bonds is 6. The summed E-state index contributed by atoms with van der Waals surface area (Å²) in [5.74, 6) is 0. The molecule has 0 unspecified atom stereocenters. The number of aliphatic hydroxyl groups is 1. The zero-order valence-corrected chi connectivity index (χ0v) is 8.63. The van der Waals surface area contributed by atoms with Crippen LogP contribution in [0.5, 0.6) is 0 Å². The lowest BCUT2D eigenvalue weighted by Crippen LogP contribution is -2.28. The molecule has 0 aromatic heterocycles. The van der Waals surface area contributed by atoms with Crippen LogP contribution >= 0.6 is 0 Å². The molecular formula is C10H22N2O. The maximum atomic E-state index is 8.99. The van der Waals surface area contributed by atoms with E-state index in [9.17, 15) is 0 Å². The summed E-state index contributed by atoms with van der Waals surface area (Å²) in [6, 6.07) is 0. The zero-order valence-electron chi connectivity index (χ0n) is 8.63. The predicted octanol–water partition coefficient (Wildman–Crippen LogP) is 0.443. The van der Waals surface area contributed by atoms with Gasteiger partial charge >= 0.3 is 0 Å². The standard InChI is InChI=1S/C10H22N2O/c1-10(13)9-11-5-4-8-12-6-2-3-7-12/h10-11,13H,2-9H2,1H3/t10-/m1/s1. The van der Waals surface area contributed by atoms with Crippen LogP contribution in [-0.2, 0) is 0 Å². The Morgan fingerprint density at radius 1 is 1.38 bits per heavy atom. The SMILES string of the molecule is C[C@@H](O)CNCCCN1CCCC1. The van der Waals surface area contributed by atoms with Gasteiger partial charge in [0.1, 0.15) is 0 Å². The van der Waals surface area contributed by atoms with Gasteiger partial charge in [0, 0.05) is 6.54 Å². The molecule has 1 rings (SSSR count). The molecule has 1 aliphatic rings. The molecule has 0 radical (unpaired) electrons. The summed E-state index contributed by atoms with van der Waals surface area (Å²) in [7, 11) is 0. The highest BCUT2D eigenvalue weighted by molar-refractivity contribution is 4.66. The van der Waals surface area contributed by atoms with Gasteiger partial charge in [-0.2, -0.15) is 0 Å². The molecule has 1 atom stereocenters. The predicted molar refractivity (Wildman–Crippen MR) is 54.8 cm³/mol. The third-order valence-corrected chi connectivity index (χ3v) is 2.47. The average molecular weight is 186 g/mol. The van der Waals surface area contributed by atoms with Crippen LogP contribution in [-0.4, -0.2) is 48.8 Å². The molecule has 0 spiro atoms. The van der Waals surface area contributed by atoms with E-state index in [-0.39, 0.29) is 6.10 Å². The van der Waals surface area contributed by atoms with Gasteiger partial charge in [0.15, 0.2) is 0 Å². The first kappa shape index (κ1) is 11.0. The Balaban J connectivity index is 1.83. The number of hydrogen-bond donors (Lipinski definition) is 2. The quantitative estimate of drug-likeness (QED) is 0.591. The minimum absolute atomic E-state index is 0.216. The van der Waals surface area contributed by atoms with Crippen molar-refractivity contribution in [2.24, 2.45) is 0 Å². The van der Waals surface area contributed by atoms with E-state index in [0.29, 0.717) is 0 Å². The van der Waals surface area contributed by atoms with Crippen LogP contribution in [0, 0.1) is 0 Å². The summed E-state index contributed by atoms with van der Waals surface area (Å²) >= 11 is 0. The third kappa shape index (κ3) is 5.24. The minimum Gasteiger partial charge on any atom is -0.392 e. The Labute approximate surface area is 81.1 Å². The summed E-state index contributed by atoms with van der Waals surface area (Å²) in [4.78, 5) is 2.52. The summed E-state index contributed by atoms with van der Waals surface area (Å²) < 4.78 is 0. The van der Waals surface area contributed by atoms with Crippen molar-refractivity contribution in [2.75, 3.05) is 32.7 Å². The molecule has 3 heteroatoms. The molecule has 13 heavy (non-hydrogen) atoms. The average Bonchev–Trinajstić information content (AvgIpc) is 2.55. The molecule has 0 aliphatic carbocycles. The fourth-order valence-electron chi connectivity index (χ4n) is 1.74. The molecule has 0 saturated carbocycles. The molecule has 1 saturated heterocycles. The second-order valence-corrected chi connectivity index (χ2v) is 3.96. The number of nitrogens with one attached hydrogen (secondary N) is 1. The van der Waals surface area contributed by atoms with Crippen molar-refractivity contribution in [3.05, 3.63) is 0 Å². The minimum atomic E-state index is -0.216. The third-order valence-electron chi connectivity index (χ3n) is 2.47. The van der Waals surface area contributed by atoms with E-state index < -0.39 is 0 Å². The number of aliphatic hydroxyl groups excluding tert-OH is 1. The van der Waals surface area contributed by atoms with Crippen molar-refractivity contribution in [1.82, 2.24) is 10.2 Å². The number of nitrogens with zero attached hydrogens (tertiary/aromatic N) is 1. The van der Waals surface area contributed by atoms with Crippen molar-refractivity contribution in [3.8, 4) is 0 Å². The Kier molecular flexibility index (Phi) is 5.35. The van der Waals surface area contributed by atoms with Gasteiger partial charge in [0.2, 0.25) is 0 Å². The van der Waals surface area contributed by atoms with Crippen LogP contribution < -0.4 is 5.32 Å². The topological polar surface area (TPSA) is 35.5 Å². The molecule has 78 valence electrons. The highest BCUT2D eigenvalue weighted by Gasteiger charge is 2.09. The molecule has 1 fully saturated rings. The lowest BCUT2D eigenvalue weighted by Gasteiger charge is -2.14. The van der Waals surface area contributed by atoms with Crippen LogP contribution in [0.3, 0.4) is 0 Å². The zero-order chi connectivity index (χ0) is 9.52. The largest absolute Gasteiger partial charge is 0.392 e. The normalized spacial score (nSPS) is 20.8. The van der Waals surface area contributed by atoms with Gasteiger partial charge in [-0.3, -0.25) is 0 Å². The molecule has 0 amide bonds. The van der Waals surface area contributed by atoms with E-state index in [4.69, 9.17) is 5.11 Å². The van der Waals surface area contributed by atoms with Crippen LogP contribution in [0.4, 0.5) is 0 Å². The maximum Gasteiger partial charge on any atom is 0.0636 e. The van der Waals surface area contributed by atoms with Gasteiger partial charge < -0.3 is 15.3 Å². The summed E-state index contributed by atoms with van der Waals surface area (Å²) in [6.07, 6.45) is 3.74. The Morgan fingerprint density at radius 2 is 2.08 bits per heavy atom. The molecule has 0 bridgehead atoms. The molecular weight excluding hydrogens is 164 g/mol. The summed E-state index contributed by atoms with van der Waals surface area (Å²) in [6.45, 7) is 7.36. The first-order chi connectivity index (χ1) is 6.29. The molecule has 0 aromatic rings.